The molecule has 2 aromatic rings. The maximum Gasteiger partial charge on any atom is 0.215 e. The first-order chi connectivity index (χ1) is 9.55. The Labute approximate surface area is 116 Å². The molecule has 0 radical (unpaired) electrons. The van der Waals surface area contributed by atoms with Gasteiger partial charge >= 0.3 is 0 Å². The summed E-state index contributed by atoms with van der Waals surface area (Å²) in [4.78, 5) is 3.71. The number of ether oxygens (including phenoxy) is 1. The van der Waals surface area contributed by atoms with Crippen LogP contribution in [0.3, 0.4) is 0 Å². The number of sulfonamides is 1. The summed E-state index contributed by atoms with van der Waals surface area (Å²) in [5, 5.41) is 3.50. The van der Waals surface area contributed by atoms with E-state index in [1.165, 1.54) is 0 Å². The molecule has 0 spiro atoms. The zero-order chi connectivity index (χ0) is 14.4. The smallest absolute Gasteiger partial charge is 0.215 e. The number of nitrogens with two attached hydrogens (primary N) is 1. The Bertz CT molecular complexity index is 625. The van der Waals surface area contributed by atoms with Gasteiger partial charge in [-0.05, 0) is 24.3 Å². The van der Waals surface area contributed by atoms with Gasteiger partial charge in [0.1, 0.15) is 12.4 Å². The first kappa shape index (κ1) is 14.3. The first-order valence-electron chi connectivity index (χ1n) is 5.76. The monoisotopic (exact) mass is 298 g/mol. The van der Waals surface area contributed by atoms with Crippen LogP contribution < -0.4 is 15.2 Å². The summed E-state index contributed by atoms with van der Waals surface area (Å²) >= 11 is 0. The van der Waals surface area contributed by atoms with Crippen LogP contribution in [0.2, 0.25) is 0 Å². The van der Waals surface area contributed by atoms with Gasteiger partial charge in [0.15, 0.2) is 5.82 Å². The summed E-state index contributed by atoms with van der Waals surface area (Å²) in [6.07, 6.45) is 1.13. The van der Waals surface area contributed by atoms with Crippen molar-refractivity contribution in [2.75, 3.05) is 18.1 Å². The van der Waals surface area contributed by atoms with Gasteiger partial charge in [-0.3, -0.25) is 0 Å². The maximum absolute atomic E-state index is 11.7. The topological polar surface area (TPSA) is 120 Å². The zero-order valence-electron chi connectivity index (χ0n) is 10.5. The van der Waals surface area contributed by atoms with Crippen molar-refractivity contribution in [3.63, 3.8) is 0 Å². The number of hydrogen-bond donors (Lipinski definition) is 2. The molecule has 1 aromatic heterocycles. The van der Waals surface area contributed by atoms with Gasteiger partial charge in [0.2, 0.25) is 16.4 Å². The molecule has 0 aliphatic rings. The van der Waals surface area contributed by atoms with E-state index in [2.05, 4.69) is 19.4 Å². The molecule has 108 valence electrons. The molecule has 0 saturated heterocycles. The molecule has 1 aromatic carbocycles. The Balaban J connectivity index is 1.76. The van der Waals surface area contributed by atoms with Gasteiger partial charge < -0.3 is 15.0 Å². The highest BCUT2D eigenvalue weighted by Gasteiger charge is 2.11. The lowest BCUT2D eigenvalue weighted by molar-refractivity contribution is 0.340. The lowest BCUT2D eigenvalue weighted by atomic mass is 10.3. The van der Waals surface area contributed by atoms with Crippen LogP contribution in [0.5, 0.6) is 5.75 Å². The molecule has 0 aliphatic carbocycles. The maximum atomic E-state index is 11.7. The highest BCUT2D eigenvalue weighted by molar-refractivity contribution is 7.89. The number of benzene rings is 1. The quantitative estimate of drug-likeness (QED) is 0.698. The molecular formula is C11H14N4O4S. The fourth-order valence-electron chi connectivity index (χ4n) is 1.35. The van der Waals surface area contributed by atoms with E-state index in [1.54, 1.807) is 24.3 Å². The summed E-state index contributed by atoms with van der Waals surface area (Å²) in [5.74, 6) is 0.662. The third kappa shape index (κ3) is 4.52. The molecule has 0 unspecified atom stereocenters. The van der Waals surface area contributed by atoms with Crippen LogP contribution in [0.1, 0.15) is 5.82 Å². The van der Waals surface area contributed by atoms with Gasteiger partial charge in [-0.25, -0.2) is 13.1 Å². The molecule has 2 rings (SSSR count). The van der Waals surface area contributed by atoms with E-state index >= 15 is 0 Å². The van der Waals surface area contributed by atoms with Crippen LogP contribution in [0, 0.1) is 0 Å². The predicted octanol–water partition coefficient (Wildman–Crippen LogP) is 0.150. The van der Waals surface area contributed by atoms with Crippen molar-refractivity contribution in [1.82, 2.24) is 14.9 Å². The molecule has 0 aliphatic heterocycles. The SMILES string of the molecule is Nc1ccc(OCCS(=O)(=O)NCc2ncon2)cc1. The second kappa shape index (κ2) is 6.35. The lowest BCUT2D eigenvalue weighted by Gasteiger charge is -2.07. The Hall–Kier alpha value is -2.13. The Morgan fingerprint density at radius 3 is 2.70 bits per heavy atom. The van der Waals surface area contributed by atoms with E-state index in [0.717, 1.165) is 6.39 Å². The van der Waals surface area contributed by atoms with Crippen LogP contribution >= 0.6 is 0 Å². The number of rotatable bonds is 7. The molecule has 3 N–H and O–H groups in total. The number of nitrogens with one attached hydrogen (secondary N) is 1. The van der Waals surface area contributed by atoms with Gasteiger partial charge in [0.25, 0.3) is 0 Å². The highest BCUT2D eigenvalue weighted by atomic mass is 32.2. The summed E-state index contributed by atoms with van der Waals surface area (Å²) in [7, 11) is -3.46. The van der Waals surface area contributed by atoms with E-state index in [9.17, 15) is 8.42 Å². The van der Waals surface area contributed by atoms with Crippen LogP contribution in [0.15, 0.2) is 35.2 Å². The molecule has 0 amide bonds. The summed E-state index contributed by atoms with van der Waals surface area (Å²) < 4.78 is 35.5. The normalized spacial score (nSPS) is 11.4. The third-order valence-electron chi connectivity index (χ3n) is 2.36. The van der Waals surface area contributed by atoms with Gasteiger partial charge in [-0.1, -0.05) is 5.16 Å². The van der Waals surface area contributed by atoms with Crippen LogP contribution in [0.4, 0.5) is 5.69 Å². The van der Waals surface area contributed by atoms with E-state index in [1.807, 2.05) is 0 Å². The molecule has 1 heterocycles. The standard InChI is InChI=1S/C11H14N4O4S/c12-9-1-3-10(4-2-9)18-5-6-20(16,17)14-7-11-13-8-19-15-11/h1-4,8,14H,5-7,12H2. The fraction of sp³-hybridized carbons (Fsp3) is 0.273. The van der Waals surface area contributed by atoms with Crippen molar-refractivity contribution in [3.8, 4) is 5.75 Å². The van der Waals surface area contributed by atoms with Crippen molar-refractivity contribution >= 4 is 15.7 Å². The van der Waals surface area contributed by atoms with E-state index < -0.39 is 10.0 Å². The molecule has 0 bridgehead atoms. The highest BCUT2D eigenvalue weighted by Crippen LogP contribution is 2.12. The van der Waals surface area contributed by atoms with Crippen LogP contribution in [-0.2, 0) is 16.6 Å². The minimum Gasteiger partial charge on any atom is -0.492 e. The number of aromatic nitrogens is 2. The Morgan fingerprint density at radius 1 is 1.30 bits per heavy atom. The Morgan fingerprint density at radius 2 is 2.05 bits per heavy atom. The summed E-state index contributed by atoms with van der Waals surface area (Å²) in [5.41, 5.74) is 6.15. The second-order valence-electron chi connectivity index (χ2n) is 3.90. The zero-order valence-corrected chi connectivity index (χ0v) is 11.3. The predicted molar refractivity (Wildman–Crippen MR) is 71.3 cm³/mol. The van der Waals surface area contributed by atoms with E-state index in [0.29, 0.717) is 11.4 Å². The molecule has 8 nitrogen and oxygen atoms in total. The minimum absolute atomic E-state index is 0.0132. The van der Waals surface area contributed by atoms with Crippen LogP contribution in [0.25, 0.3) is 0 Å². The fourth-order valence-corrected chi connectivity index (χ4v) is 2.15. The number of hydrogen-bond acceptors (Lipinski definition) is 7. The van der Waals surface area contributed by atoms with Crippen molar-refractivity contribution in [1.29, 1.82) is 0 Å². The number of nitrogens with zero attached hydrogens (tertiary/aromatic N) is 2. The molecule has 0 fully saturated rings. The second-order valence-corrected chi connectivity index (χ2v) is 5.83. The molecule has 0 saturated carbocycles. The van der Waals surface area contributed by atoms with Crippen LogP contribution in [-0.4, -0.2) is 30.9 Å². The van der Waals surface area contributed by atoms with Crippen molar-refractivity contribution in [3.05, 3.63) is 36.5 Å². The average Bonchev–Trinajstić information content (AvgIpc) is 2.92. The largest absolute Gasteiger partial charge is 0.492 e. The molecule has 9 heteroatoms. The van der Waals surface area contributed by atoms with E-state index in [-0.39, 0.29) is 24.7 Å². The molecule has 0 atom stereocenters. The third-order valence-corrected chi connectivity index (χ3v) is 3.65. The molecule has 20 heavy (non-hydrogen) atoms. The van der Waals surface area contributed by atoms with Crippen molar-refractivity contribution < 1.29 is 17.7 Å². The van der Waals surface area contributed by atoms with Crippen molar-refractivity contribution in [2.45, 2.75) is 6.54 Å². The number of nitrogen functional groups attached to an aromatic ring is 1. The van der Waals surface area contributed by atoms with E-state index in [4.69, 9.17) is 10.5 Å². The van der Waals surface area contributed by atoms with Gasteiger partial charge in [-0.2, -0.15) is 4.98 Å². The molecular weight excluding hydrogens is 284 g/mol. The first-order valence-corrected chi connectivity index (χ1v) is 7.41. The van der Waals surface area contributed by atoms with Crippen molar-refractivity contribution in [2.24, 2.45) is 0 Å². The Kier molecular flexibility index (Phi) is 4.53. The van der Waals surface area contributed by atoms with Gasteiger partial charge in [0, 0.05) is 5.69 Å². The average molecular weight is 298 g/mol. The minimum atomic E-state index is -3.46. The summed E-state index contributed by atoms with van der Waals surface area (Å²) in [6.45, 7) is 0.0200. The van der Waals surface area contributed by atoms with Gasteiger partial charge in [0.05, 0.1) is 12.3 Å². The lowest BCUT2D eigenvalue weighted by Crippen LogP contribution is -2.29. The number of anilines is 1. The van der Waals surface area contributed by atoms with Gasteiger partial charge in [-0.15, -0.1) is 0 Å². The summed E-state index contributed by atoms with van der Waals surface area (Å²) in [6, 6.07) is 6.71.